The molecule has 0 unspecified atom stereocenters. The van der Waals surface area contributed by atoms with E-state index in [1.165, 1.54) is 5.56 Å². The van der Waals surface area contributed by atoms with Crippen molar-refractivity contribution in [3.63, 3.8) is 0 Å². The van der Waals surface area contributed by atoms with Crippen molar-refractivity contribution in [2.75, 3.05) is 27.7 Å². The molecule has 3 heterocycles. The van der Waals surface area contributed by atoms with Gasteiger partial charge in [-0.3, -0.25) is 14.8 Å². The van der Waals surface area contributed by atoms with Gasteiger partial charge in [0.1, 0.15) is 6.33 Å². The van der Waals surface area contributed by atoms with E-state index in [0.29, 0.717) is 6.54 Å². The van der Waals surface area contributed by atoms with Gasteiger partial charge in [0.2, 0.25) is 5.91 Å². The molecule has 1 N–H and O–H groups in total. The first kappa shape index (κ1) is 23.6. The Hall–Kier alpha value is -3.52. The van der Waals surface area contributed by atoms with Crippen LogP contribution in [0, 0.1) is 6.92 Å². The predicted octanol–water partition coefficient (Wildman–Crippen LogP) is 4.30. The van der Waals surface area contributed by atoms with Crippen LogP contribution in [0.5, 0.6) is 0 Å². The third kappa shape index (κ3) is 4.46. The molecule has 0 spiro atoms. The Kier molecular flexibility index (Phi) is 6.52. The van der Waals surface area contributed by atoms with E-state index in [9.17, 15) is 4.79 Å². The maximum atomic E-state index is 12.1. The minimum Gasteiger partial charge on any atom is -0.348 e. The van der Waals surface area contributed by atoms with E-state index in [0.717, 1.165) is 39.3 Å². The average molecular weight is 460 g/mol. The van der Waals surface area contributed by atoms with Crippen LogP contribution in [0.2, 0.25) is 0 Å². The van der Waals surface area contributed by atoms with Crippen molar-refractivity contribution in [1.29, 1.82) is 0 Å². The number of hydrogen-bond acceptors (Lipinski definition) is 5. The summed E-state index contributed by atoms with van der Waals surface area (Å²) in [6.45, 7) is 8.92. The second kappa shape index (κ2) is 9.38. The van der Waals surface area contributed by atoms with Gasteiger partial charge in [0.25, 0.3) is 0 Å². The number of carbonyl (C=O) groups is 1. The molecule has 1 atom stereocenters. The zero-order chi connectivity index (χ0) is 24.6. The minimum absolute atomic E-state index is 0.0934. The first-order valence-corrected chi connectivity index (χ1v) is 11.6. The summed E-state index contributed by atoms with van der Waals surface area (Å²) in [4.78, 5) is 20.1. The number of fused-ring (bicyclic) bond motifs is 1. The largest absolute Gasteiger partial charge is 0.348 e. The third-order valence-electron chi connectivity index (χ3n) is 6.44. The Morgan fingerprint density at radius 2 is 1.79 bits per heavy atom. The molecule has 0 aliphatic rings. The molecule has 4 rings (SSSR count). The number of rotatable bonds is 7. The van der Waals surface area contributed by atoms with Crippen LogP contribution in [0.3, 0.4) is 0 Å². The maximum absolute atomic E-state index is 12.1. The van der Waals surface area contributed by atoms with Gasteiger partial charge in [-0.15, -0.1) is 0 Å². The van der Waals surface area contributed by atoms with E-state index < -0.39 is 0 Å². The van der Waals surface area contributed by atoms with E-state index in [2.05, 4.69) is 71.2 Å². The number of aromatic amines is 1. The number of H-pyrrole nitrogens is 1. The first-order chi connectivity index (χ1) is 16.2. The fraction of sp³-hybridized carbons (Fsp3) is 0.385. The van der Waals surface area contributed by atoms with Crippen LogP contribution in [-0.4, -0.2) is 68.2 Å². The van der Waals surface area contributed by atoms with Crippen molar-refractivity contribution in [2.45, 2.75) is 39.7 Å². The van der Waals surface area contributed by atoms with Crippen LogP contribution >= 0.6 is 0 Å². The van der Waals surface area contributed by atoms with E-state index in [-0.39, 0.29) is 17.9 Å². The zero-order valence-corrected chi connectivity index (χ0v) is 21.0. The second-order valence-corrected chi connectivity index (χ2v) is 9.46. The molecule has 0 bridgehead atoms. The van der Waals surface area contributed by atoms with E-state index in [1.54, 1.807) is 25.3 Å². The first-order valence-electron chi connectivity index (χ1n) is 11.6. The highest BCUT2D eigenvalue weighted by Crippen LogP contribution is 2.36. The number of carbonyl (C=O) groups excluding carboxylic acids is 1. The van der Waals surface area contributed by atoms with E-state index in [4.69, 9.17) is 5.10 Å². The summed E-state index contributed by atoms with van der Waals surface area (Å²) in [6.07, 6.45) is 3.57. The highest BCUT2D eigenvalue weighted by atomic mass is 16.2. The molecule has 0 aliphatic carbocycles. The summed E-state index contributed by atoms with van der Waals surface area (Å²) in [5.41, 5.74) is 8.32. The SMILES string of the molecule is Cc1cc(-c2[nH]nc(-c3ccc([C@H](C)N(C)CC(=O)N(C)C)cc3)c2C(C)C)cn2ncnc12. The number of benzene rings is 1. The standard InChI is InChI=1S/C26H33N7O/c1-16(2)23-24(29-30-25(23)21-12-17(3)26-27-15-28-33(26)13-21)20-10-8-19(9-11-20)18(4)32(7)14-22(34)31(5)6/h8-13,15-16,18H,14H2,1-7H3,(H,29,30)/t18-/m0/s1. The van der Waals surface area contributed by atoms with E-state index in [1.807, 2.05) is 24.7 Å². The van der Waals surface area contributed by atoms with Gasteiger partial charge in [0.15, 0.2) is 5.65 Å². The molecular formula is C26H33N7O. The van der Waals surface area contributed by atoms with Crippen LogP contribution in [0.15, 0.2) is 42.9 Å². The summed E-state index contributed by atoms with van der Waals surface area (Å²) in [7, 11) is 5.54. The maximum Gasteiger partial charge on any atom is 0.236 e. The zero-order valence-electron chi connectivity index (χ0n) is 21.0. The number of pyridine rings is 1. The Morgan fingerprint density at radius 1 is 1.09 bits per heavy atom. The van der Waals surface area contributed by atoms with Gasteiger partial charge in [-0.1, -0.05) is 38.1 Å². The molecule has 0 fully saturated rings. The molecule has 3 aromatic heterocycles. The molecule has 8 heteroatoms. The molecule has 0 radical (unpaired) electrons. The highest BCUT2D eigenvalue weighted by molar-refractivity contribution is 5.78. The van der Waals surface area contributed by atoms with Gasteiger partial charge in [-0.25, -0.2) is 9.50 Å². The van der Waals surface area contributed by atoms with Crippen LogP contribution < -0.4 is 0 Å². The summed E-state index contributed by atoms with van der Waals surface area (Å²) in [6, 6.07) is 10.7. The van der Waals surface area contributed by atoms with Crippen LogP contribution in [0.25, 0.3) is 28.2 Å². The summed E-state index contributed by atoms with van der Waals surface area (Å²) in [5, 5.41) is 12.3. The predicted molar refractivity (Wildman–Crippen MR) is 135 cm³/mol. The van der Waals surface area contributed by atoms with Crippen molar-refractivity contribution in [2.24, 2.45) is 0 Å². The number of nitrogens with one attached hydrogen (secondary N) is 1. The Balaban J connectivity index is 1.65. The van der Waals surface area contributed by atoms with Crippen molar-refractivity contribution < 1.29 is 4.79 Å². The summed E-state index contributed by atoms with van der Waals surface area (Å²) >= 11 is 0. The third-order valence-corrected chi connectivity index (χ3v) is 6.44. The molecule has 0 aliphatic heterocycles. The second-order valence-electron chi connectivity index (χ2n) is 9.46. The van der Waals surface area contributed by atoms with Crippen molar-refractivity contribution in [3.05, 3.63) is 59.5 Å². The molecule has 8 nitrogen and oxygen atoms in total. The number of aryl methyl sites for hydroxylation is 1. The molecule has 178 valence electrons. The minimum atomic E-state index is 0.0934. The number of hydrogen-bond donors (Lipinski definition) is 1. The molecule has 0 saturated carbocycles. The summed E-state index contributed by atoms with van der Waals surface area (Å²) < 4.78 is 1.81. The Labute approximate surface area is 200 Å². The fourth-order valence-electron chi connectivity index (χ4n) is 4.25. The molecule has 0 saturated heterocycles. The van der Waals surface area contributed by atoms with Gasteiger partial charge in [-0.2, -0.15) is 10.2 Å². The van der Waals surface area contributed by atoms with Crippen LogP contribution in [0.4, 0.5) is 0 Å². The van der Waals surface area contributed by atoms with Gasteiger partial charge >= 0.3 is 0 Å². The Bertz CT molecular complexity index is 1300. The van der Waals surface area contributed by atoms with Gasteiger partial charge in [0.05, 0.1) is 17.9 Å². The van der Waals surface area contributed by atoms with Crippen molar-refractivity contribution in [3.8, 4) is 22.5 Å². The van der Waals surface area contributed by atoms with Gasteiger partial charge in [0, 0.05) is 43.0 Å². The average Bonchev–Trinajstić information content (AvgIpc) is 3.46. The molecular weight excluding hydrogens is 426 g/mol. The number of nitrogens with zero attached hydrogens (tertiary/aromatic N) is 6. The smallest absolute Gasteiger partial charge is 0.236 e. The van der Waals surface area contributed by atoms with Gasteiger partial charge < -0.3 is 4.90 Å². The van der Waals surface area contributed by atoms with Gasteiger partial charge in [-0.05, 0) is 44.0 Å². The lowest BCUT2D eigenvalue weighted by atomic mass is 9.93. The lowest BCUT2D eigenvalue weighted by Crippen LogP contribution is -2.35. The molecule has 4 aromatic rings. The van der Waals surface area contributed by atoms with Crippen molar-refractivity contribution in [1.82, 2.24) is 34.6 Å². The quantitative estimate of drug-likeness (QED) is 0.446. The topological polar surface area (TPSA) is 82.4 Å². The molecule has 34 heavy (non-hydrogen) atoms. The lowest BCUT2D eigenvalue weighted by molar-refractivity contribution is -0.130. The van der Waals surface area contributed by atoms with E-state index >= 15 is 0 Å². The van der Waals surface area contributed by atoms with Crippen molar-refractivity contribution >= 4 is 11.6 Å². The van der Waals surface area contributed by atoms with Crippen LogP contribution in [0.1, 0.15) is 49.4 Å². The number of likely N-dealkylation sites (N-methyl/N-ethyl adjacent to an activating group) is 2. The fourth-order valence-corrected chi connectivity index (χ4v) is 4.25. The molecule has 1 aromatic carbocycles. The number of amides is 1. The summed E-state index contributed by atoms with van der Waals surface area (Å²) in [5.74, 6) is 0.369. The lowest BCUT2D eigenvalue weighted by Gasteiger charge is -2.26. The Morgan fingerprint density at radius 3 is 2.44 bits per heavy atom. The highest BCUT2D eigenvalue weighted by Gasteiger charge is 2.21. The van der Waals surface area contributed by atoms with Crippen LogP contribution in [-0.2, 0) is 4.79 Å². The monoisotopic (exact) mass is 459 g/mol. The normalized spacial score (nSPS) is 12.6. The molecule has 1 amide bonds. The number of aromatic nitrogens is 5.